The summed E-state index contributed by atoms with van der Waals surface area (Å²) in [4.78, 5) is 13.6. The van der Waals surface area contributed by atoms with Gasteiger partial charge in [0.05, 0.1) is 11.3 Å². The number of aromatic nitrogens is 4. The first-order valence-electron chi connectivity index (χ1n) is 7.63. The van der Waals surface area contributed by atoms with Crippen molar-refractivity contribution < 1.29 is 4.52 Å². The van der Waals surface area contributed by atoms with Crippen LogP contribution in [0.4, 0.5) is 5.82 Å². The maximum Gasteiger partial charge on any atom is 0.237 e. The average molecular weight is 329 g/mol. The normalized spacial score (nSPS) is 11.3. The maximum absolute atomic E-state index is 5.26. The van der Waals surface area contributed by atoms with Crippen molar-refractivity contribution in [2.75, 3.05) is 11.9 Å². The van der Waals surface area contributed by atoms with Crippen molar-refractivity contribution in [2.24, 2.45) is 0 Å². The van der Waals surface area contributed by atoms with E-state index >= 15 is 0 Å². The zero-order valence-electron chi connectivity index (χ0n) is 13.4. The Kier molecular flexibility index (Phi) is 4.76. The van der Waals surface area contributed by atoms with Crippen molar-refractivity contribution >= 4 is 28.5 Å². The zero-order chi connectivity index (χ0) is 16.2. The van der Waals surface area contributed by atoms with Crippen LogP contribution in [0.5, 0.6) is 0 Å². The lowest BCUT2D eigenvalue weighted by atomic mass is 10.2. The minimum absolute atomic E-state index is 0.259. The molecular formula is C16H19N5OS. The second-order valence-electron chi connectivity index (χ2n) is 5.39. The molecule has 1 aromatic carbocycles. The summed E-state index contributed by atoms with van der Waals surface area (Å²) in [6, 6.07) is 7.98. The molecule has 0 aliphatic heterocycles. The van der Waals surface area contributed by atoms with Crippen LogP contribution in [0.15, 0.2) is 33.9 Å². The molecule has 0 fully saturated rings. The smallest absolute Gasteiger partial charge is 0.237 e. The number of para-hydroxylation sites is 1. The van der Waals surface area contributed by atoms with Gasteiger partial charge in [-0.05, 0) is 19.1 Å². The molecule has 23 heavy (non-hydrogen) atoms. The lowest BCUT2D eigenvalue weighted by Crippen LogP contribution is -2.02. The van der Waals surface area contributed by atoms with Crippen molar-refractivity contribution in [1.29, 1.82) is 0 Å². The Morgan fingerprint density at radius 2 is 2.00 bits per heavy atom. The molecule has 3 aromatic rings. The van der Waals surface area contributed by atoms with Crippen molar-refractivity contribution in [1.82, 2.24) is 20.1 Å². The summed E-state index contributed by atoms with van der Waals surface area (Å²) in [6.45, 7) is 6.94. The summed E-state index contributed by atoms with van der Waals surface area (Å²) < 4.78 is 5.26. The Morgan fingerprint density at radius 3 is 2.74 bits per heavy atom. The highest BCUT2D eigenvalue weighted by molar-refractivity contribution is 7.98. The van der Waals surface area contributed by atoms with E-state index < -0.39 is 0 Å². The van der Waals surface area contributed by atoms with Crippen molar-refractivity contribution in [3.8, 4) is 0 Å². The van der Waals surface area contributed by atoms with Gasteiger partial charge in [0.1, 0.15) is 5.82 Å². The molecule has 0 aliphatic rings. The average Bonchev–Trinajstić information content (AvgIpc) is 3.02. The predicted octanol–water partition coefficient (Wildman–Crippen LogP) is 3.86. The lowest BCUT2D eigenvalue weighted by Gasteiger charge is -2.08. The van der Waals surface area contributed by atoms with Crippen molar-refractivity contribution in [2.45, 2.75) is 37.6 Å². The van der Waals surface area contributed by atoms with Crippen LogP contribution in [0.3, 0.4) is 0 Å². The van der Waals surface area contributed by atoms with E-state index in [0.717, 1.165) is 29.1 Å². The molecule has 3 rings (SSSR count). The third-order valence-electron chi connectivity index (χ3n) is 3.25. The quantitative estimate of drug-likeness (QED) is 0.543. The topological polar surface area (TPSA) is 76.7 Å². The molecule has 0 saturated carbocycles. The SMILES string of the molecule is CCNc1nc(SCc2nc(C(C)C)no2)nc2ccccc12. The van der Waals surface area contributed by atoms with E-state index in [1.807, 2.05) is 38.1 Å². The number of anilines is 1. The van der Waals surface area contributed by atoms with Gasteiger partial charge in [-0.25, -0.2) is 9.97 Å². The lowest BCUT2D eigenvalue weighted by molar-refractivity contribution is 0.383. The molecule has 7 heteroatoms. The number of benzene rings is 1. The second-order valence-corrected chi connectivity index (χ2v) is 6.33. The summed E-state index contributed by atoms with van der Waals surface area (Å²) >= 11 is 1.49. The Bertz CT molecular complexity index is 802. The first-order chi connectivity index (χ1) is 11.2. The fourth-order valence-electron chi connectivity index (χ4n) is 2.11. The highest BCUT2D eigenvalue weighted by Gasteiger charge is 2.12. The number of hydrogen-bond acceptors (Lipinski definition) is 7. The second kappa shape index (κ2) is 6.95. The third kappa shape index (κ3) is 3.61. The number of rotatable bonds is 6. The van der Waals surface area contributed by atoms with Gasteiger partial charge in [0.2, 0.25) is 5.89 Å². The van der Waals surface area contributed by atoms with Crippen LogP contribution >= 0.6 is 11.8 Å². The fraction of sp³-hybridized carbons (Fsp3) is 0.375. The standard InChI is InChI=1S/C16H19N5OS/c1-4-17-15-11-7-5-6-8-12(11)18-16(20-15)23-9-13-19-14(10(2)3)21-22-13/h5-8,10H,4,9H2,1-3H3,(H,17,18,20). The van der Waals surface area contributed by atoms with E-state index in [-0.39, 0.29) is 5.92 Å². The number of hydrogen-bond donors (Lipinski definition) is 1. The molecule has 0 bridgehead atoms. The molecule has 0 unspecified atom stereocenters. The predicted molar refractivity (Wildman–Crippen MR) is 91.6 cm³/mol. The van der Waals surface area contributed by atoms with Gasteiger partial charge in [0.15, 0.2) is 11.0 Å². The van der Waals surface area contributed by atoms with Gasteiger partial charge in [-0.2, -0.15) is 4.98 Å². The van der Waals surface area contributed by atoms with E-state index in [2.05, 4.69) is 32.3 Å². The highest BCUT2D eigenvalue weighted by atomic mass is 32.2. The van der Waals surface area contributed by atoms with E-state index in [0.29, 0.717) is 16.8 Å². The first kappa shape index (κ1) is 15.7. The van der Waals surface area contributed by atoms with E-state index in [4.69, 9.17) is 4.52 Å². The molecule has 2 aromatic heterocycles. The van der Waals surface area contributed by atoms with Gasteiger partial charge >= 0.3 is 0 Å². The summed E-state index contributed by atoms with van der Waals surface area (Å²) in [5, 5.41) is 8.99. The van der Waals surface area contributed by atoms with E-state index in [1.54, 1.807) is 0 Å². The Balaban J connectivity index is 1.81. The summed E-state index contributed by atoms with van der Waals surface area (Å²) in [5.41, 5.74) is 0.925. The molecule has 0 spiro atoms. The van der Waals surface area contributed by atoms with Gasteiger partial charge in [-0.1, -0.05) is 42.9 Å². The fourth-order valence-corrected chi connectivity index (χ4v) is 2.80. The molecule has 0 atom stereocenters. The first-order valence-corrected chi connectivity index (χ1v) is 8.62. The van der Waals surface area contributed by atoms with Crippen LogP contribution < -0.4 is 5.32 Å². The molecule has 1 N–H and O–H groups in total. The highest BCUT2D eigenvalue weighted by Crippen LogP contribution is 2.26. The molecule has 0 radical (unpaired) electrons. The van der Waals surface area contributed by atoms with Gasteiger partial charge in [0.25, 0.3) is 0 Å². The molecule has 0 amide bonds. The minimum atomic E-state index is 0.259. The van der Waals surface area contributed by atoms with Gasteiger partial charge in [0, 0.05) is 17.8 Å². The maximum atomic E-state index is 5.26. The summed E-state index contributed by atoms with van der Waals surface area (Å²) in [5.74, 6) is 3.00. The number of nitrogens with one attached hydrogen (secondary N) is 1. The Labute approximate surface area is 139 Å². The van der Waals surface area contributed by atoms with Crippen molar-refractivity contribution in [3.05, 3.63) is 36.0 Å². The van der Waals surface area contributed by atoms with Crippen molar-refractivity contribution in [3.63, 3.8) is 0 Å². The monoisotopic (exact) mass is 329 g/mol. The molecule has 6 nitrogen and oxygen atoms in total. The van der Waals surface area contributed by atoms with E-state index in [9.17, 15) is 0 Å². The number of thioether (sulfide) groups is 1. The van der Waals surface area contributed by atoms with Gasteiger partial charge in [-0.3, -0.25) is 0 Å². The summed E-state index contributed by atoms with van der Waals surface area (Å²) in [7, 11) is 0. The summed E-state index contributed by atoms with van der Waals surface area (Å²) in [6.07, 6.45) is 0. The Morgan fingerprint density at radius 1 is 1.17 bits per heavy atom. The molecule has 120 valence electrons. The molecular weight excluding hydrogens is 310 g/mol. The van der Waals surface area contributed by atoms with Gasteiger partial charge < -0.3 is 9.84 Å². The number of fused-ring (bicyclic) bond motifs is 1. The minimum Gasteiger partial charge on any atom is -0.370 e. The van der Waals surface area contributed by atoms with Crippen LogP contribution in [-0.4, -0.2) is 26.7 Å². The molecule has 0 saturated heterocycles. The number of nitrogens with zero attached hydrogens (tertiary/aromatic N) is 4. The van der Waals surface area contributed by atoms with Crippen LogP contribution in [-0.2, 0) is 5.75 Å². The van der Waals surface area contributed by atoms with Crippen LogP contribution in [0, 0.1) is 0 Å². The van der Waals surface area contributed by atoms with E-state index in [1.165, 1.54) is 11.8 Å². The molecule has 0 aliphatic carbocycles. The largest absolute Gasteiger partial charge is 0.370 e. The molecule has 2 heterocycles. The third-order valence-corrected chi connectivity index (χ3v) is 4.08. The zero-order valence-corrected chi connectivity index (χ0v) is 14.2. The van der Waals surface area contributed by atoms with Crippen LogP contribution in [0.2, 0.25) is 0 Å². The van der Waals surface area contributed by atoms with Crippen LogP contribution in [0.25, 0.3) is 10.9 Å². The van der Waals surface area contributed by atoms with Crippen LogP contribution in [0.1, 0.15) is 38.4 Å². The Hall–Kier alpha value is -2.15. The van der Waals surface area contributed by atoms with Gasteiger partial charge in [-0.15, -0.1) is 0 Å².